The third-order valence-corrected chi connectivity index (χ3v) is 8.85. The van der Waals surface area contributed by atoms with E-state index in [2.05, 4.69) is 30.7 Å². The van der Waals surface area contributed by atoms with Crippen molar-refractivity contribution in [1.82, 2.24) is 15.3 Å². The summed E-state index contributed by atoms with van der Waals surface area (Å²) in [7, 11) is 3.60. The molecule has 12 heteroatoms. The van der Waals surface area contributed by atoms with Gasteiger partial charge in [-0.1, -0.05) is 38.1 Å². The Kier molecular flexibility index (Phi) is 7.67. The monoisotopic (exact) mass is 628 g/mol. The zero-order valence-electron chi connectivity index (χ0n) is 25.4. The molecule has 1 aliphatic rings. The van der Waals surface area contributed by atoms with Gasteiger partial charge in [0.2, 0.25) is 0 Å². The molecule has 1 fully saturated rings. The van der Waals surface area contributed by atoms with Crippen LogP contribution in [0.15, 0.2) is 85.2 Å². The molecule has 3 heterocycles. The van der Waals surface area contributed by atoms with Crippen molar-refractivity contribution in [3.8, 4) is 5.75 Å². The first-order valence-electron chi connectivity index (χ1n) is 14.6. The van der Waals surface area contributed by atoms with E-state index in [0.717, 1.165) is 50.3 Å². The first-order valence-corrected chi connectivity index (χ1v) is 14.6. The summed E-state index contributed by atoms with van der Waals surface area (Å²) in [5.74, 6) is -2.23. The summed E-state index contributed by atoms with van der Waals surface area (Å²) in [5.41, 5.74) is 3.16. The van der Waals surface area contributed by atoms with Crippen molar-refractivity contribution in [1.29, 1.82) is 0 Å². The Labute approximate surface area is 262 Å². The highest BCUT2D eigenvalue weighted by atomic mass is 19.4. The van der Waals surface area contributed by atoms with Crippen LogP contribution in [0.25, 0.3) is 21.8 Å². The number of anilines is 3. The maximum atomic E-state index is 14.9. The van der Waals surface area contributed by atoms with Crippen molar-refractivity contribution in [2.24, 2.45) is 0 Å². The maximum Gasteiger partial charge on any atom is 0.573 e. The van der Waals surface area contributed by atoms with E-state index in [1.165, 1.54) is 12.1 Å². The highest BCUT2D eigenvalue weighted by molar-refractivity contribution is 6.24. The predicted molar refractivity (Wildman–Crippen MR) is 171 cm³/mol. The first-order chi connectivity index (χ1) is 22.0. The lowest BCUT2D eigenvalue weighted by Crippen LogP contribution is -2.55. The van der Waals surface area contributed by atoms with Crippen LogP contribution < -0.4 is 25.6 Å². The fourth-order valence-corrected chi connectivity index (χ4v) is 6.60. The molecule has 3 amide bonds. The Bertz CT molecular complexity index is 1870. The number of amides is 3. The molecule has 2 aromatic heterocycles. The van der Waals surface area contributed by atoms with Crippen LogP contribution in [0.1, 0.15) is 36.8 Å². The molecule has 6 rings (SSSR count). The van der Waals surface area contributed by atoms with Crippen LogP contribution in [-0.2, 0) is 4.79 Å². The van der Waals surface area contributed by atoms with Gasteiger partial charge >= 0.3 is 12.4 Å². The summed E-state index contributed by atoms with van der Waals surface area (Å²) in [6.45, 7) is 3.78. The van der Waals surface area contributed by atoms with E-state index in [-0.39, 0.29) is 5.69 Å². The van der Waals surface area contributed by atoms with Gasteiger partial charge in [0.15, 0.2) is 0 Å². The molecule has 0 spiro atoms. The van der Waals surface area contributed by atoms with Crippen molar-refractivity contribution < 1.29 is 27.5 Å². The first kappa shape index (κ1) is 30.6. The van der Waals surface area contributed by atoms with Crippen LogP contribution in [0.5, 0.6) is 5.75 Å². The number of fused-ring (bicyclic) bond motifs is 2. The van der Waals surface area contributed by atoms with E-state index in [0.29, 0.717) is 11.0 Å². The lowest BCUT2D eigenvalue weighted by molar-refractivity contribution is -0.274. The van der Waals surface area contributed by atoms with Crippen LogP contribution in [0.2, 0.25) is 0 Å². The maximum absolute atomic E-state index is 14.9. The molecule has 0 saturated carbocycles. The Morgan fingerprint density at radius 2 is 1.28 bits per heavy atom. The quantitative estimate of drug-likeness (QED) is 0.156. The molecule has 1 saturated heterocycles. The number of imide groups is 1. The largest absolute Gasteiger partial charge is 0.573 e. The molecule has 2 atom stereocenters. The van der Waals surface area contributed by atoms with Gasteiger partial charge in [-0.05, 0) is 59.7 Å². The van der Waals surface area contributed by atoms with Crippen LogP contribution in [-0.4, -0.2) is 47.9 Å². The topological polar surface area (TPSA) is 108 Å². The van der Waals surface area contributed by atoms with E-state index in [1.807, 2.05) is 62.4 Å². The SMILES string of the molecule is CNc1cccc2c(C(C)C3(C(C)c4ccnc5c(NC)cccc45)NC(=O)N(c4ccc(OC(F)(F)F)cc4)C3=O)ccnc12. The van der Waals surface area contributed by atoms with Gasteiger partial charge in [-0.25, -0.2) is 9.69 Å². The molecular formula is C34H31F3N6O3. The number of rotatable bonds is 8. The van der Waals surface area contributed by atoms with Gasteiger partial charge in [0.25, 0.3) is 5.91 Å². The van der Waals surface area contributed by atoms with E-state index in [4.69, 9.17) is 0 Å². The smallest absolute Gasteiger partial charge is 0.406 e. The average molecular weight is 629 g/mol. The van der Waals surface area contributed by atoms with Crippen LogP contribution in [0, 0.1) is 0 Å². The minimum Gasteiger partial charge on any atom is -0.406 e. The number of benzene rings is 3. The molecule has 2 unspecified atom stereocenters. The molecule has 3 N–H and O–H groups in total. The number of carbonyl (C=O) groups excluding carboxylic acids is 2. The number of aromatic nitrogens is 2. The lowest BCUT2D eigenvalue weighted by atomic mass is 9.68. The van der Waals surface area contributed by atoms with Gasteiger partial charge in [0.05, 0.1) is 28.1 Å². The second-order valence-electron chi connectivity index (χ2n) is 11.1. The number of pyridine rings is 2. The fraction of sp³-hybridized carbons (Fsp3) is 0.235. The minimum absolute atomic E-state index is 0.104. The molecule has 1 aliphatic heterocycles. The molecule has 3 aromatic carbocycles. The molecule has 236 valence electrons. The number of hydrogen-bond acceptors (Lipinski definition) is 7. The van der Waals surface area contributed by atoms with E-state index >= 15 is 0 Å². The van der Waals surface area contributed by atoms with Crippen molar-refractivity contribution in [2.75, 3.05) is 29.6 Å². The Morgan fingerprint density at radius 3 is 1.74 bits per heavy atom. The number of halogens is 3. The Hall–Kier alpha value is -5.39. The van der Waals surface area contributed by atoms with Gasteiger partial charge in [-0.2, -0.15) is 0 Å². The third-order valence-electron chi connectivity index (χ3n) is 8.85. The zero-order chi connectivity index (χ0) is 32.8. The van der Waals surface area contributed by atoms with Crippen molar-refractivity contribution in [2.45, 2.75) is 37.6 Å². The summed E-state index contributed by atoms with van der Waals surface area (Å²) in [5, 5.41) is 11.0. The Morgan fingerprint density at radius 1 is 0.783 bits per heavy atom. The third kappa shape index (κ3) is 4.99. The number of ether oxygens (including phenoxy) is 1. The summed E-state index contributed by atoms with van der Waals surface area (Å²) < 4.78 is 42.5. The van der Waals surface area contributed by atoms with Crippen LogP contribution >= 0.6 is 0 Å². The van der Waals surface area contributed by atoms with Crippen LogP contribution in [0.3, 0.4) is 0 Å². The standard InChI is InChI=1S/C34H31F3N6O3/c1-19(23-15-17-40-29-25(23)7-5-9-27(29)38-3)33(20(2)24-16-18-41-30-26(24)8-6-10-28(30)39-4)31(44)43(32(45)42-33)21-11-13-22(14-12-21)46-34(35,36)37/h5-20,38-39H,1-4H3,(H,42,45). The van der Waals surface area contributed by atoms with Crippen molar-refractivity contribution in [3.63, 3.8) is 0 Å². The molecule has 46 heavy (non-hydrogen) atoms. The number of alkyl halides is 3. The molecule has 9 nitrogen and oxygen atoms in total. The summed E-state index contributed by atoms with van der Waals surface area (Å²) in [6.07, 6.45) is -1.54. The van der Waals surface area contributed by atoms with E-state index in [9.17, 15) is 22.8 Å². The highest BCUT2D eigenvalue weighted by Gasteiger charge is 2.59. The lowest BCUT2D eigenvalue weighted by Gasteiger charge is -2.39. The molecule has 0 radical (unpaired) electrons. The highest BCUT2D eigenvalue weighted by Crippen LogP contribution is 2.48. The van der Waals surface area contributed by atoms with Gasteiger partial charge in [-0.3, -0.25) is 14.8 Å². The van der Waals surface area contributed by atoms with Gasteiger partial charge < -0.3 is 20.7 Å². The number of carbonyl (C=O) groups is 2. The fourth-order valence-electron chi connectivity index (χ4n) is 6.60. The van der Waals surface area contributed by atoms with Crippen molar-refractivity contribution >= 4 is 50.8 Å². The summed E-state index contributed by atoms with van der Waals surface area (Å²) >= 11 is 0. The number of hydrogen-bond donors (Lipinski definition) is 3. The van der Waals surface area contributed by atoms with Gasteiger partial charge in [-0.15, -0.1) is 13.2 Å². The van der Waals surface area contributed by atoms with Gasteiger partial charge in [0.1, 0.15) is 11.3 Å². The second-order valence-corrected chi connectivity index (χ2v) is 11.1. The Balaban J connectivity index is 1.54. The average Bonchev–Trinajstić information content (AvgIpc) is 3.32. The van der Waals surface area contributed by atoms with E-state index < -0.39 is 41.4 Å². The number of nitrogens with one attached hydrogen (secondary N) is 3. The normalized spacial score (nSPS) is 18.0. The predicted octanol–water partition coefficient (Wildman–Crippen LogP) is 7.17. The van der Waals surface area contributed by atoms with Crippen LogP contribution in [0.4, 0.5) is 35.0 Å². The molecule has 0 bridgehead atoms. The summed E-state index contributed by atoms with van der Waals surface area (Å²) in [6, 6.07) is 19.1. The molecule has 5 aromatic rings. The second kappa shape index (κ2) is 11.5. The number of nitrogens with zero attached hydrogens (tertiary/aromatic N) is 3. The van der Waals surface area contributed by atoms with Gasteiger partial charge in [0, 0.05) is 49.1 Å². The molecule has 0 aliphatic carbocycles. The summed E-state index contributed by atoms with van der Waals surface area (Å²) in [4.78, 5) is 38.9. The molecular weight excluding hydrogens is 597 g/mol. The number of urea groups is 1. The van der Waals surface area contributed by atoms with Crippen molar-refractivity contribution in [3.05, 3.63) is 96.3 Å². The minimum atomic E-state index is -4.89. The number of para-hydroxylation sites is 2. The van der Waals surface area contributed by atoms with E-state index in [1.54, 1.807) is 26.5 Å². The zero-order valence-corrected chi connectivity index (χ0v) is 25.4.